The highest BCUT2D eigenvalue weighted by molar-refractivity contribution is 5.60. The molecule has 0 amide bonds. The van der Waals surface area contributed by atoms with E-state index in [1.54, 1.807) is 21.3 Å². The fourth-order valence-electron chi connectivity index (χ4n) is 3.64. The minimum absolute atomic E-state index is 0.243. The molecule has 4 nitrogen and oxygen atoms in total. The van der Waals surface area contributed by atoms with Crippen molar-refractivity contribution in [3.05, 3.63) is 36.3 Å². The zero-order valence-corrected chi connectivity index (χ0v) is 14.5. The summed E-state index contributed by atoms with van der Waals surface area (Å²) in [6.07, 6.45) is 7.71. The van der Waals surface area contributed by atoms with Crippen LogP contribution in [0, 0.1) is 6.42 Å². The van der Waals surface area contributed by atoms with Gasteiger partial charge in [-0.05, 0) is 31.7 Å². The number of alkyl halides is 1. The van der Waals surface area contributed by atoms with Gasteiger partial charge in [-0.15, -0.1) is 0 Å². The third-order valence-electron chi connectivity index (χ3n) is 5.02. The highest BCUT2D eigenvalue weighted by Crippen LogP contribution is 2.49. The molecule has 1 fully saturated rings. The third-order valence-corrected chi connectivity index (χ3v) is 5.02. The van der Waals surface area contributed by atoms with Gasteiger partial charge in [0.25, 0.3) is 0 Å². The van der Waals surface area contributed by atoms with E-state index in [9.17, 15) is 4.39 Å². The van der Waals surface area contributed by atoms with Crippen LogP contribution < -0.4 is 14.2 Å². The zero-order valence-electron chi connectivity index (χ0n) is 14.5. The van der Waals surface area contributed by atoms with E-state index < -0.39 is 6.30 Å². The Kier molecular flexibility index (Phi) is 4.99. The molecule has 0 N–H and O–H groups in total. The van der Waals surface area contributed by atoms with Crippen molar-refractivity contribution in [2.75, 3.05) is 34.4 Å². The SMILES string of the molecule is COc1ccc(C2(CN3CC[CH]CC3F)C=CC2)c(OC)c1OC. The van der Waals surface area contributed by atoms with Crippen LogP contribution in [0.25, 0.3) is 0 Å². The first-order chi connectivity index (χ1) is 11.6. The number of benzene rings is 1. The van der Waals surface area contributed by atoms with E-state index in [-0.39, 0.29) is 5.41 Å². The predicted molar refractivity (Wildman–Crippen MR) is 91.5 cm³/mol. The molecule has 2 aliphatic rings. The number of piperidine rings is 1. The number of halogens is 1. The molecule has 0 bridgehead atoms. The van der Waals surface area contributed by atoms with Crippen LogP contribution in [0.4, 0.5) is 4.39 Å². The molecular weight excluding hydrogens is 309 g/mol. The average Bonchev–Trinajstić information content (AvgIpc) is 2.58. The molecule has 0 spiro atoms. The van der Waals surface area contributed by atoms with E-state index in [4.69, 9.17) is 14.2 Å². The van der Waals surface area contributed by atoms with Crippen molar-refractivity contribution in [1.29, 1.82) is 0 Å². The van der Waals surface area contributed by atoms with Crippen LogP contribution in [0.15, 0.2) is 24.3 Å². The summed E-state index contributed by atoms with van der Waals surface area (Å²) in [4.78, 5) is 1.93. The summed E-state index contributed by atoms with van der Waals surface area (Å²) < 4.78 is 30.8. The maximum absolute atomic E-state index is 14.3. The van der Waals surface area contributed by atoms with Gasteiger partial charge in [-0.2, -0.15) is 0 Å². The lowest BCUT2D eigenvalue weighted by Crippen LogP contribution is -2.47. The fourth-order valence-corrected chi connectivity index (χ4v) is 3.64. The Morgan fingerprint density at radius 1 is 1.17 bits per heavy atom. The summed E-state index contributed by atoms with van der Waals surface area (Å²) in [5.74, 6) is 1.88. The summed E-state index contributed by atoms with van der Waals surface area (Å²) in [7, 11) is 4.84. The fraction of sp³-hybridized carbons (Fsp3) is 0.526. The molecule has 2 unspecified atom stereocenters. The molecule has 1 aromatic rings. The molecule has 1 radical (unpaired) electrons. The van der Waals surface area contributed by atoms with Crippen molar-refractivity contribution >= 4 is 0 Å². The van der Waals surface area contributed by atoms with Crippen LogP contribution in [0.2, 0.25) is 0 Å². The lowest BCUT2D eigenvalue weighted by atomic mass is 9.69. The summed E-state index contributed by atoms with van der Waals surface area (Å²) >= 11 is 0. The van der Waals surface area contributed by atoms with Crippen molar-refractivity contribution in [2.45, 2.75) is 31.0 Å². The number of hydrogen-bond donors (Lipinski definition) is 0. The Morgan fingerprint density at radius 2 is 1.92 bits per heavy atom. The van der Waals surface area contributed by atoms with Gasteiger partial charge in [0.15, 0.2) is 17.8 Å². The second kappa shape index (κ2) is 7.01. The quantitative estimate of drug-likeness (QED) is 0.588. The Balaban J connectivity index is 1.97. The first kappa shape index (κ1) is 17.1. The maximum atomic E-state index is 14.3. The van der Waals surface area contributed by atoms with Gasteiger partial charge in [0, 0.05) is 24.1 Å². The zero-order chi connectivity index (χ0) is 17.2. The minimum atomic E-state index is -0.907. The lowest BCUT2D eigenvalue weighted by molar-refractivity contribution is 0.0465. The smallest absolute Gasteiger partial charge is 0.203 e. The van der Waals surface area contributed by atoms with Gasteiger partial charge in [0.2, 0.25) is 5.75 Å². The van der Waals surface area contributed by atoms with Crippen LogP contribution in [-0.2, 0) is 5.41 Å². The van der Waals surface area contributed by atoms with Crippen molar-refractivity contribution in [1.82, 2.24) is 4.90 Å². The number of methoxy groups -OCH3 is 3. The van der Waals surface area contributed by atoms with E-state index in [1.807, 2.05) is 23.5 Å². The average molecular weight is 334 g/mol. The molecule has 1 aliphatic carbocycles. The largest absolute Gasteiger partial charge is 0.493 e. The summed E-state index contributed by atoms with van der Waals surface area (Å²) in [6.45, 7) is 1.40. The van der Waals surface area contributed by atoms with Crippen LogP contribution >= 0.6 is 0 Å². The van der Waals surface area contributed by atoms with Crippen LogP contribution in [0.1, 0.15) is 24.8 Å². The number of nitrogens with zero attached hydrogens (tertiary/aromatic N) is 1. The van der Waals surface area contributed by atoms with Gasteiger partial charge >= 0.3 is 0 Å². The van der Waals surface area contributed by atoms with Gasteiger partial charge in [0.05, 0.1) is 21.3 Å². The molecule has 1 saturated heterocycles. The molecule has 3 rings (SSSR count). The van der Waals surface area contributed by atoms with Crippen molar-refractivity contribution in [3.63, 3.8) is 0 Å². The minimum Gasteiger partial charge on any atom is -0.493 e. The molecule has 131 valence electrons. The Hall–Kier alpha value is -1.75. The van der Waals surface area contributed by atoms with Crippen molar-refractivity contribution < 1.29 is 18.6 Å². The molecule has 2 atom stereocenters. The predicted octanol–water partition coefficient (Wildman–Crippen LogP) is 3.51. The number of likely N-dealkylation sites (tertiary alicyclic amines) is 1. The normalized spacial score (nSPS) is 26.8. The summed E-state index contributed by atoms with van der Waals surface area (Å²) in [5, 5.41) is 0. The second-order valence-electron chi connectivity index (χ2n) is 6.36. The summed E-state index contributed by atoms with van der Waals surface area (Å²) in [5.41, 5.74) is 0.777. The molecule has 1 aromatic carbocycles. The van der Waals surface area contributed by atoms with Crippen molar-refractivity contribution in [2.24, 2.45) is 0 Å². The Labute approximate surface area is 143 Å². The van der Waals surface area contributed by atoms with Crippen LogP contribution in [-0.4, -0.2) is 45.6 Å². The van der Waals surface area contributed by atoms with Gasteiger partial charge in [-0.25, -0.2) is 4.39 Å². The first-order valence-corrected chi connectivity index (χ1v) is 8.32. The topological polar surface area (TPSA) is 30.9 Å². The number of allylic oxidation sites excluding steroid dienone is 1. The third kappa shape index (κ3) is 2.86. The van der Waals surface area contributed by atoms with Gasteiger partial charge in [-0.1, -0.05) is 18.2 Å². The second-order valence-corrected chi connectivity index (χ2v) is 6.36. The van der Waals surface area contributed by atoms with E-state index in [1.165, 1.54) is 0 Å². The highest BCUT2D eigenvalue weighted by Gasteiger charge is 2.41. The first-order valence-electron chi connectivity index (χ1n) is 8.32. The van der Waals surface area contributed by atoms with Crippen LogP contribution in [0.3, 0.4) is 0 Å². The van der Waals surface area contributed by atoms with E-state index in [0.717, 1.165) is 24.9 Å². The lowest BCUT2D eigenvalue weighted by Gasteiger charge is -2.43. The highest BCUT2D eigenvalue weighted by atomic mass is 19.1. The van der Waals surface area contributed by atoms with E-state index >= 15 is 0 Å². The Bertz CT molecular complexity index is 619. The maximum Gasteiger partial charge on any atom is 0.203 e. The van der Waals surface area contributed by atoms with E-state index in [2.05, 4.69) is 12.2 Å². The summed E-state index contributed by atoms with van der Waals surface area (Å²) in [6, 6.07) is 3.90. The van der Waals surface area contributed by atoms with Gasteiger partial charge in [-0.3, -0.25) is 4.90 Å². The van der Waals surface area contributed by atoms with E-state index in [0.29, 0.717) is 30.2 Å². The number of rotatable bonds is 6. The molecule has 24 heavy (non-hydrogen) atoms. The molecule has 0 aromatic heterocycles. The Morgan fingerprint density at radius 3 is 2.46 bits per heavy atom. The molecular formula is C19H25FNO3. The van der Waals surface area contributed by atoms with Gasteiger partial charge in [0.1, 0.15) is 0 Å². The van der Waals surface area contributed by atoms with Gasteiger partial charge < -0.3 is 14.2 Å². The standard InChI is InChI=1S/C19H25FNO3/c1-22-15-9-8-14(17(23-2)18(15)24-3)19(10-6-11-19)13-21-12-5-4-7-16(21)20/h4,6,8-10,16H,5,7,11-13H2,1-3H3. The number of hydrogen-bond acceptors (Lipinski definition) is 4. The van der Waals surface area contributed by atoms with Crippen molar-refractivity contribution in [3.8, 4) is 17.2 Å². The molecule has 1 heterocycles. The molecule has 0 saturated carbocycles. The molecule has 1 aliphatic heterocycles. The van der Waals surface area contributed by atoms with Crippen LogP contribution in [0.5, 0.6) is 17.2 Å². The molecule has 5 heteroatoms. The monoisotopic (exact) mass is 334 g/mol. The number of ether oxygens (including phenoxy) is 3.